The normalized spacial score (nSPS) is 10.2. The maximum Gasteiger partial charge on any atom is 0.420 e. The molecule has 4 nitrogen and oxygen atoms in total. The molecule has 0 aromatic heterocycles. The van der Waals surface area contributed by atoms with Crippen molar-refractivity contribution >= 4 is 11.9 Å². The van der Waals surface area contributed by atoms with E-state index in [9.17, 15) is 22.8 Å². The first-order valence-electron chi connectivity index (χ1n) is 10.7. The maximum absolute atomic E-state index is 13.5. The summed E-state index contributed by atoms with van der Waals surface area (Å²) in [5, 5.41) is 0. The summed E-state index contributed by atoms with van der Waals surface area (Å²) < 4.78 is 50.2. The molecule has 0 amide bonds. The predicted octanol–water partition coefficient (Wildman–Crippen LogP) is 6.08. The van der Waals surface area contributed by atoms with E-state index in [1.54, 1.807) is 48.5 Å². The summed E-state index contributed by atoms with van der Waals surface area (Å²) in [6.45, 7) is 8.04. The molecule has 0 saturated carbocycles. The van der Waals surface area contributed by atoms with Crippen LogP contribution in [-0.2, 0) is 15.8 Å². The van der Waals surface area contributed by atoms with Crippen molar-refractivity contribution in [3.8, 4) is 35.2 Å². The van der Waals surface area contributed by atoms with Crippen molar-refractivity contribution in [2.45, 2.75) is 13.1 Å². The van der Waals surface area contributed by atoms with Gasteiger partial charge in [-0.15, -0.1) is 0 Å². The van der Waals surface area contributed by atoms with Gasteiger partial charge in [0.25, 0.3) is 0 Å². The van der Waals surface area contributed by atoms with E-state index < -0.39 is 29.4 Å². The fraction of sp³-hybridized carbons (Fsp3) is 0.0667. The quantitative estimate of drug-likeness (QED) is 0.189. The number of rotatable bonds is 4. The number of halogens is 3. The molecule has 0 radical (unpaired) electrons. The van der Waals surface area contributed by atoms with Crippen molar-refractivity contribution in [2.24, 2.45) is 0 Å². The Hall–Kier alpha value is -5.01. The summed E-state index contributed by atoms with van der Waals surface area (Å²) in [4.78, 5) is 22.9. The molecule has 0 saturated heterocycles. The van der Waals surface area contributed by atoms with Gasteiger partial charge in [-0.25, -0.2) is 9.59 Å². The summed E-state index contributed by atoms with van der Waals surface area (Å²) in [6, 6.07) is 16.7. The molecule has 37 heavy (non-hydrogen) atoms. The van der Waals surface area contributed by atoms with Crippen molar-refractivity contribution in [1.29, 1.82) is 0 Å². The highest BCUT2D eigenvalue weighted by atomic mass is 19.4. The second-order valence-corrected chi connectivity index (χ2v) is 7.61. The minimum atomic E-state index is -4.74. The van der Waals surface area contributed by atoms with Gasteiger partial charge in [-0.2, -0.15) is 13.2 Å². The lowest BCUT2D eigenvalue weighted by atomic mass is 10.1. The lowest BCUT2D eigenvalue weighted by molar-refractivity contribution is -0.141. The van der Waals surface area contributed by atoms with Crippen LogP contribution in [0.15, 0.2) is 91.5 Å². The molecule has 0 aliphatic heterocycles. The smallest absolute Gasteiger partial charge is 0.420 e. The predicted molar refractivity (Wildman–Crippen MR) is 133 cm³/mol. The number of esters is 2. The molecular formula is C30H19F3O4. The largest absolute Gasteiger partial charge is 0.423 e. The lowest BCUT2D eigenvalue weighted by Crippen LogP contribution is -2.14. The van der Waals surface area contributed by atoms with Crippen molar-refractivity contribution in [2.75, 3.05) is 0 Å². The molecule has 184 valence electrons. The van der Waals surface area contributed by atoms with Gasteiger partial charge >= 0.3 is 18.1 Å². The summed E-state index contributed by atoms with van der Waals surface area (Å²) in [7, 11) is 0. The van der Waals surface area contributed by atoms with Crippen molar-refractivity contribution in [1.82, 2.24) is 0 Å². The average molecular weight is 500 g/mol. The number of carbonyl (C=O) groups excluding carboxylic acids is 2. The average Bonchev–Trinajstić information content (AvgIpc) is 2.87. The zero-order valence-corrected chi connectivity index (χ0v) is 19.6. The number of benzene rings is 3. The van der Waals surface area contributed by atoms with E-state index in [1.807, 2.05) is 0 Å². The summed E-state index contributed by atoms with van der Waals surface area (Å²) in [6.07, 6.45) is -3.67. The molecule has 0 fully saturated rings. The van der Waals surface area contributed by atoms with Crippen LogP contribution in [0.25, 0.3) is 0 Å². The molecule has 3 aromatic rings. The first kappa shape index (κ1) is 26.6. The van der Waals surface area contributed by atoms with Crippen LogP contribution in [0.4, 0.5) is 13.2 Å². The molecule has 7 heteroatoms. The molecule has 0 atom stereocenters. The summed E-state index contributed by atoms with van der Waals surface area (Å²) in [5.41, 5.74) is 0.968. The molecule has 0 N–H and O–H groups in total. The molecule has 0 spiro atoms. The van der Waals surface area contributed by atoms with Crippen LogP contribution in [0.3, 0.4) is 0 Å². The van der Waals surface area contributed by atoms with E-state index in [4.69, 9.17) is 9.47 Å². The standard InChI is InChI=1S/C30H19F3O4/c1-4-28(34)36-25-16-13-23(14-17-25)10-9-21-5-7-22(8-6-21)11-12-24-15-18-27(37-29(35)20(2)3)26(19-24)30(31,32)33/h4-8,13-19H,1-2H2,3H3. The SMILES string of the molecule is C=CC(=O)Oc1ccc(C#Cc2ccc(C#Cc3ccc(OC(=O)C(=C)C)c(C(F)(F)F)c3)cc2)cc1. The first-order valence-corrected chi connectivity index (χ1v) is 10.7. The van der Waals surface area contributed by atoms with Gasteiger partial charge in [0.2, 0.25) is 0 Å². The maximum atomic E-state index is 13.5. The van der Waals surface area contributed by atoms with Gasteiger partial charge < -0.3 is 9.47 Å². The summed E-state index contributed by atoms with van der Waals surface area (Å²) >= 11 is 0. The Kier molecular flexibility index (Phi) is 8.35. The topological polar surface area (TPSA) is 52.6 Å². The van der Waals surface area contributed by atoms with E-state index >= 15 is 0 Å². The highest BCUT2D eigenvalue weighted by molar-refractivity contribution is 5.89. The molecule has 0 aliphatic rings. The Morgan fingerprint density at radius 3 is 1.70 bits per heavy atom. The Morgan fingerprint density at radius 1 is 0.784 bits per heavy atom. The monoisotopic (exact) mass is 500 g/mol. The molecule has 3 rings (SSSR count). The van der Waals surface area contributed by atoms with Crippen LogP contribution >= 0.6 is 0 Å². The Bertz CT molecular complexity index is 1470. The van der Waals surface area contributed by atoms with Gasteiger partial charge in [-0.3, -0.25) is 0 Å². The van der Waals surface area contributed by atoms with Crippen LogP contribution in [0.2, 0.25) is 0 Å². The van der Waals surface area contributed by atoms with E-state index in [2.05, 4.69) is 36.8 Å². The number of ether oxygens (including phenoxy) is 2. The van der Waals surface area contributed by atoms with E-state index in [0.29, 0.717) is 22.4 Å². The van der Waals surface area contributed by atoms with Gasteiger partial charge in [0.05, 0.1) is 5.56 Å². The minimum Gasteiger partial charge on any atom is -0.423 e. The van der Waals surface area contributed by atoms with Gasteiger partial charge in [0.1, 0.15) is 11.5 Å². The number of alkyl halides is 3. The van der Waals surface area contributed by atoms with Crippen LogP contribution in [0, 0.1) is 23.7 Å². The zero-order chi connectivity index (χ0) is 27.0. The van der Waals surface area contributed by atoms with Crippen LogP contribution in [-0.4, -0.2) is 11.9 Å². The molecule has 0 unspecified atom stereocenters. The Labute approximate surface area is 212 Å². The fourth-order valence-corrected chi connectivity index (χ4v) is 2.79. The third kappa shape index (κ3) is 7.74. The summed E-state index contributed by atoms with van der Waals surface area (Å²) in [5.74, 6) is 9.75. The molecule has 0 bridgehead atoms. The van der Waals surface area contributed by atoms with E-state index in [-0.39, 0.29) is 11.1 Å². The van der Waals surface area contributed by atoms with Crippen LogP contribution in [0.5, 0.6) is 11.5 Å². The fourth-order valence-electron chi connectivity index (χ4n) is 2.79. The van der Waals surface area contributed by atoms with Gasteiger partial charge in [0.15, 0.2) is 0 Å². The Balaban J connectivity index is 1.74. The van der Waals surface area contributed by atoms with Crippen molar-refractivity contribution in [3.63, 3.8) is 0 Å². The van der Waals surface area contributed by atoms with Gasteiger partial charge in [0, 0.05) is 33.9 Å². The molecule has 0 aliphatic carbocycles. The molecule has 3 aromatic carbocycles. The molecular weight excluding hydrogens is 481 g/mol. The number of hydrogen-bond acceptors (Lipinski definition) is 4. The second kappa shape index (κ2) is 11.6. The first-order chi connectivity index (χ1) is 17.5. The van der Waals surface area contributed by atoms with Crippen molar-refractivity contribution in [3.05, 3.63) is 119 Å². The third-order valence-corrected chi connectivity index (χ3v) is 4.66. The third-order valence-electron chi connectivity index (χ3n) is 4.66. The lowest BCUT2D eigenvalue weighted by Gasteiger charge is -2.13. The number of carbonyl (C=O) groups is 2. The van der Waals surface area contributed by atoms with Crippen LogP contribution in [0.1, 0.15) is 34.7 Å². The van der Waals surface area contributed by atoms with Crippen LogP contribution < -0.4 is 9.47 Å². The zero-order valence-electron chi connectivity index (χ0n) is 19.6. The second-order valence-electron chi connectivity index (χ2n) is 7.61. The highest BCUT2D eigenvalue weighted by Gasteiger charge is 2.35. The molecule has 0 heterocycles. The number of hydrogen-bond donors (Lipinski definition) is 0. The van der Waals surface area contributed by atoms with E-state index in [0.717, 1.165) is 18.2 Å². The Morgan fingerprint density at radius 2 is 1.24 bits per heavy atom. The minimum absolute atomic E-state index is 0.0189. The van der Waals surface area contributed by atoms with Gasteiger partial charge in [-0.1, -0.05) is 36.8 Å². The van der Waals surface area contributed by atoms with Crippen molar-refractivity contribution < 1.29 is 32.2 Å². The highest BCUT2D eigenvalue weighted by Crippen LogP contribution is 2.37. The van der Waals surface area contributed by atoms with E-state index in [1.165, 1.54) is 13.0 Å². The van der Waals surface area contributed by atoms with Gasteiger partial charge in [-0.05, 0) is 73.7 Å².